The summed E-state index contributed by atoms with van der Waals surface area (Å²) >= 11 is 0. The standard InChI is InChI=1S/C11H21F3N2/c1-10(2)7-9(8-16(10)4)15(3)6-5-11(12,13)14/h9H,5-8H2,1-4H3. The Balaban J connectivity index is 2.42. The highest BCUT2D eigenvalue weighted by molar-refractivity contribution is 4.94. The van der Waals surface area contributed by atoms with E-state index in [-0.39, 0.29) is 18.1 Å². The monoisotopic (exact) mass is 238 g/mol. The Morgan fingerprint density at radius 1 is 1.38 bits per heavy atom. The normalized spacial score (nSPS) is 26.6. The molecule has 0 aromatic heterocycles. The van der Waals surface area contributed by atoms with E-state index in [4.69, 9.17) is 0 Å². The number of likely N-dealkylation sites (N-methyl/N-ethyl adjacent to an activating group) is 2. The maximum absolute atomic E-state index is 12.1. The van der Waals surface area contributed by atoms with E-state index in [0.29, 0.717) is 0 Å². The van der Waals surface area contributed by atoms with E-state index in [1.54, 1.807) is 7.05 Å². The summed E-state index contributed by atoms with van der Waals surface area (Å²) in [5.74, 6) is 0. The van der Waals surface area contributed by atoms with Crippen LogP contribution < -0.4 is 0 Å². The summed E-state index contributed by atoms with van der Waals surface area (Å²) in [4.78, 5) is 4.04. The molecular formula is C11H21F3N2. The second-order valence-corrected chi connectivity index (χ2v) is 5.40. The van der Waals surface area contributed by atoms with Crippen molar-refractivity contribution in [1.82, 2.24) is 9.80 Å². The number of hydrogen-bond donors (Lipinski definition) is 0. The molecule has 1 atom stereocenters. The Morgan fingerprint density at radius 2 is 1.94 bits per heavy atom. The summed E-state index contributed by atoms with van der Waals surface area (Å²) in [6.07, 6.45) is -3.84. The van der Waals surface area contributed by atoms with Gasteiger partial charge in [0.1, 0.15) is 0 Å². The molecular weight excluding hydrogens is 217 g/mol. The molecule has 0 radical (unpaired) electrons. The minimum atomic E-state index is -4.05. The quantitative estimate of drug-likeness (QED) is 0.744. The van der Waals surface area contributed by atoms with Crippen LogP contribution in [0.4, 0.5) is 13.2 Å². The van der Waals surface area contributed by atoms with E-state index in [0.717, 1.165) is 13.0 Å². The van der Waals surface area contributed by atoms with Crippen LogP contribution in [0.2, 0.25) is 0 Å². The van der Waals surface area contributed by atoms with Gasteiger partial charge in [-0.25, -0.2) is 0 Å². The molecule has 1 saturated heterocycles. The van der Waals surface area contributed by atoms with Gasteiger partial charge in [0, 0.05) is 24.7 Å². The van der Waals surface area contributed by atoms with Gasteiger partial charge in [0.15, 0.2) is 0 Å². The highest BCUT2D eigenvalue weighted by atomic mass is 19.4. The van der Waals surface area contributed by atoms with Crippen molar-refractivity contribution >= 4 is 0 Å². The smallest absolute Gasteiger partial charge is 0.302 e. The third kappa shape index (κ3) is 3.63. The molecule has 1 heterocycles. The van der Waals surface area contributed by atoms with Gasteiger partial charge >= 0.3 is 6.18 Å². The third-order valence-electron chi connectivity index (χ3n) is 3.62. The van der Waals surface area contributed by atoms with Crippen LogP contribution in [0.1, 0.15) is 26.7 Å². The van der Waals surface area contributed by atoms with Gasteiger partial charge in [0.2, 0.25) is 0 Å². The lowest BCUT2D eigenvalue weighted by Crippen LogP contribution is -2.36. The van der Waals surface area contributed by atoms with Crippen LogP contribution in [0.3, 0.4) is 0 Å². The summed E-state index contributed by atoms with van der Waals surface area (Å²) in [5, 5.41) is 0. The molecule has 16 heavy (non-hydrogen) atoms. The van der Waals surface area contributed by atoms with Crippen LogP contribution in [0.25, 0.3) is 0 Å². The van der Waals surface area contributed by atoms with Crippen LogP contribution in [0.15, 0.2) is 0 Å². The first-order chi connectivity index (χ1) is 7.12. The van der Waals surface area contributed by atoms with E-state index >= 15 is 0 Å². The van der Waals surface area contributed by atoms with Gasteiger partial charge < -0.3 is 4.90 Å². The number of halogens is 3. The second kappa shape index (κ2) is 4.53. The average molecular weight is 238 g/mol. The van der Waals surface area contributed by atoms with E-state index in [1.165, 1.54) is 0 Å². The minimum Gasteiger partial charge on any atom is -0.302 e. The van der Waals surface area contributed by atoms with Crippen molar-refractivity contribution in [3.8, 4) is 0 Å². The molecule has 0 spiro atoms. The van der Waals surface area contributed by atoms with Crippen LogP contribution in [0, 0.1) is 0 Å². The van der Waals surface area contributed by atoms with Gasteiger partial charge in [-0.1, -0.05) is 0 Å². The van der Waals surface area contributed by atoms with Crippen LogP contribution in [-0.2, 0) is 0 Å². The van der Waals surface area contributed by atoms with Gasteiger partial charge in [0.25, 0.3) is 0 Å². The first-order valence-electron chi connectivity index (χ1n) is 5.60. The van der Waals surface area contributed by atoms with Gasteiger partial charge in [-0.05, 0) is 34.4 Å². The average Bonchev–Trinajstić information content (AvgIpc) is 2.36. The topological polar surface area (TPSA) is 6.48 Å². The fourth-order valence-electron chi connectivity index (χ4n) is 2.14. The maximum Gasteiger partial charge on any atom is 0.390 e. The van der Waals surface area contributed by atoms with Crippen LogP contribution >= 0.6 is 0 Å². The highest BCUT2D eigenvalue weighted by Gasteiger charge is 2.38. The molecule has 1 unspecified atom stereocenters. The number of likely N-dealkylation sites (tertiary alicyclic amines) is 1. The zero-order valence-electron chi connectivity index (χ0n) is 10.4. The summed E-state index contributed by atoms with van der Waals surface area (Å²) in [5.41, 5.74) is 0.0944. The fraction of sp³-hybridized carbons (Fsp3) is 1.00. The molecule has 1 aliphatic rings. The zero-order chi connectivity index (χ0) is 12.6. The van der Waals surface area contributed by atoms with E-state index in [2.05, 4.69) is 18.7 Å². The van der Waals surface area contributed by atoms with Crippen molar-refractivity contribution in [3.63, 3.8) is 0 Å². The van der Waals surface area contributed by atoms with Crippen molar-refractivity contribution < 1.29 is 13.2 Å². The lowest BCUT2D eigenvalue weighted by molar-refractivity contribution is -0.138. The van der Waals surface area contributed by atoms with E-state index in [9.17, 15) is 13.2 Å². The van der Waals surface area contributed by atoms with Gasteiger partial charge in [-0.15, -0.1) is 0 Å². The Hall–Kier alpha value is -0.290. The highest BCUT2D eigenvalue weighted by Crippen LogP contribution is 2.30. The minimum absolute atomic E-state index is 0.0944. The molecule has 1 fully saturated rings. The molecule has 0 N–H and O–H groups in total. The molecule has 1 aliphatic heterocycles. The Labute approximate surface area is 95.4 Å². The molecule has 96 valence electrons. The molecule has 5 heteroatoms. The summed E-state index contributed by atoms with van der Waals surface area (Å²) < 4.78 is 36.3. The maximum atomic E-state index is 12.1. The molecule has 0 saturated carbocycles. The van der Waals surface area contributed by atoms with E-state index < -0.39 is 12.6 Å². The summed E-state index contributed by atoms with van der Waals surface area (Å²) in [7, 11) is 3.81. The fourth-order valence-corrected chi connectivity index (χ4v) is 2.14. The Bertz CT molecular complexity index is 238. The van der Waals surface area contributed by atoms with Crippen molar-refractivity contribution in [2.45, 2.75) is 44.4 Å². The Morgan fingerprint density at radius 3 is 2.31 bits per heavy atom. The number of alkyl halides is 3. The number of nitrogens with zero attached hydrogens (tertiary/aromatic N) is 2. The molecule has 2 nitrogen and oxygen atoms in total. The molecule has 0 aliphatic carbocycles. The van der Waals surface area contributed by atoms with Gasteiger partial charge in [0.05, 0.1) is 6.42 Å². The molecule has 0 aromatic carbocycles. The molecule has 0 amide bonds. The van der Waals surface area contributed by atoms with Crippen molar-refractivity contribution in [2.24, 2.45) is 0 Å². The molecule has 0 aromatic rings. The Kier molecular flexibility index (Phi) is 3.90. The first-order valence-corrected chi connectivity index (χ1v) is 5.60. The zero-order valence-corrected chi connectivity index (χ0v) is 10.4. The summed E-state index contributed by atoms with van der Waals surface area (Å²) in [6, 6.07) is 0.238. The molecule has 0 bridgehead atoms. The van der Waals surface area contributed by atoms with Gasteiger partial charge in [-0.2, -0.15) is 13.2 Å². The van der Waals surface area contributed by atoms with Crippen molar-refractivity contribution in [2.75, 3.05) is 27.2 Å². The molecule has 1 rings (SSSR count). The van der Waals surface area contributed by atoms with Crippen LogP contribution in [-0.4, -0.2) is 54.7 Å². The van der Waals surface area contributed by atoms with Crippen LogP contribution in [0.5, 0.6) is 0 Å². The van der Waals surface area contributed by atoms with E-state index in [1.807, 2.05) is 11.9 Å². The lowest BCUT2D eigenvalue weighted by atomic mass is 10.00. The van der Waals surface area contributed by atoms with Crippen molar-refractivity contribution in [1.29, 1.82) is 0 Å². The number of hydrogen-bond acceptors (Lipinski definition) is 2. The predicted octanol–water partition coefficient (Wildman–Crippen LogP) is 2.35. The largest absolute Gasteiger partial charge is 0.390 e. The lowest BCUT2D eigenvalue weighted by Gasteiger charge is -2.26. The van der Waals surface area contributed by atoms with Gasteiger partial charge in [-0.3, -0.25) is 4.90 Å². The summed E-state index contributed by atoms with van der Waals surface area (Å²) in [6.45, 7) is 5.20. The second-order valence-electron chi connectivity index (χ2n) is 5.40. The first kappa shape index (κ1) is 13.8. The van der Waals surface area contributed by atoms with Crippen molar-refractivity contribution in [3.05, 3.63) is 0 Å². The number of rotatable bonds is 3. The third-order valence-corrected chi connectivity index (χ3v) is 3.62. The predicted molar refractivity (Wildman–Crippen MR) is 58.4 cm³/mol. The SMILES string of the molecule is CN(CCC(F)(F)F)C1CN(C)C(C)(C)C1.